The molecule has 3 rings (SSSR count). The smallest absolute Gasteiger partial charge is 0.123 e. The third-order valence-corrected chi connectivity index (χ3v) is 3.90. The number of halogens is 1. The standard InChI is InChI=1S/C16H17FN2O/c1-10-6-7-11(17)8-13(10)16(19-18)14-9-20-15-5-3-2-4-12(14)15/h2-8,14,16,19H,9,18H2,1H3. The van der Waals surface area contributed by atoms with Gasteiger partial charge in [0.25, 0.3) is 0 Å². The van der Waals surface area contributed by atoms with Crippen LogP contribution in [0.1, 0.15) is 28.7 Å². The van der Waals surface area contributed by atoms with Gasteiger partial charge in [-0.1, -0.05) is 24.3 Å². The summed E-state index contributed by atoms with van der Waals surface area (Å²) in [4.78, 5) is 0. The van der Waals surface area contributed by atoms with E-state index in [9.17, 15) is 4.39 Å². The van der Waals surface area contributed by atoms with E-state index < -0.39 is 0 Å². The van der Waals surface area contributed by atoms with Crippen LogP contribution in [0.2, 0.25) is 0 Å². The van der Waals surface area contributed by atoms with Crippen molar-refractivity contribution in [3.8, 4) is 5.75 Å². The van der Waals surface area contributed by atoms with Crippen molar-refractivity contribution in [2.24, 2.45) is 5.84 Å². The summed E-state index contributed by atoms with van der Waals surface area (Å²) in [6, 6.07) is 12.5. The molecule has 2 aromatic carbocycles. The Labute approximate surface area is 117 Å². The van der Waals surface area contributed by atoms with E-state index in [1.807, 2.05) is 31.2 Å². The number of hydrogen-bond acceptors (Lipinski definition) is 3. The largest absolute Gasteiger partial charge is 0.493 e. The molecule has 2 atom stereocenters. The molecule has 2 aromatic rings. The Bertz CT molecular complexity index is 630. The van der Waals surface area contributed by atoms with Gasteiger partial charge >= 0.3 is 0 Å². The molecule has 0 spiro atoms. The minimum Gasteiger partial charge on any atom is -0.493 e. The Morgan fingerprint density at radius 3 is 2.90 bits per heavy atom. The Balaban J connectivity index is 2.01. The van der Waals surface area contributed by atoms with Crippen molar-refractivity contribution in [3.05, 3.63) is 65.0 Å². The van der Waals surface area contributed by atoms with Crippen LogP contribution in [0.15, 0.2) is 42.5 Å². The fourth-order valence-electron chi connectivity index (χ4n) is 2.83. The molecule has 0 aromatic heterocycles. The number of rotatable bonds is 3. The number of nitrogens with two attached hydrogens (primary N) is 1. The maximum absolute atomic E-state index is 13.5. The van der Waals surface area contributed by atoms with Crippen molar-refractivity contribution in [1.82, 2.24) is 5.43 Å². The summed E-state index contributed by atoms with van der Waals surface area (Å²) in [5.74, 6) is 6.44. The van der Waals surface area contributed by atoms with Gasteiger partial charge in [-0.05, 0) is 36.2 Å². The lowest BCUT2D eigenvalue weighted by Crippen LogP contribution is -2.33. The highest BCUT2D eigenvalue weighted by atomic mass is 19.1. The maximum atomic E-state index is 13.5. The molecular weight excluding hydrogens is 255 g/mol. The minimum absolute atomic E-state index is 0.0803. The van der Waals surface area contributed by atoms with Gasteiger partial charge in [0, 0.05) is 11.5 Å². The number of ether oxygens (including phenoxy) is 1. The van der Waals surface area contributed by atoms with Crippen LogP contribution in [-0.4, -0.2) is 6.61 Å². The highest BCUT2D eigenvalue weighted by Crippen LogP contribution is 2.41. The van der Waals surface area contributed by atoms with Crippen molar-refractivity contribution in [1.29, 1.82) is 0 Å². The normalized spacial score (nSPS) is 18.4. The highest BCUT2D eigenvalue weighted by molar-refractivity contribution is 5.43. The Morgan fingerprint density at radius 1 is 1.30 bits per heavy atom. The van der Waals surface area contributed by atoms with Gasteiger partial charge in [0.15, 0.2) is 0 Å². The first-order valence-electron chi connectivity index (χ1n) is 6.64. The van der Waals surface area contributed by atoms with Gasteiger partial charge in [0.2, 0.25) is 0 Å². The van der Waals surface area contributed by atoms with Gasteiger partial charge in [-0.3, -0.25) is 11.3 Å². The second-order valence-corrected chi connectivity index (χ2v) is 5.10. The highest BCUT2D eigenvalue weighted by Gasteiger charge is 2.32. The number of nitrogens with one attached hydrogen (secondary N) is 1. The van der Waals surface area contributed by atoms with E-state index in [2.05, 4.69) is 5.43 Å². The fourth-order valence-corrected chi connectivity index (χ4v) is 2.83. The second-order valence-electron chi connectivity index (χ2n) is 5.10. The molecule has 0 bridgehead atoms. The van der Waals surface area contributed by atoms with E-state index >= 15 is 0 Å². The summed E-state index contributed by atoms with van der Waals surface area (Å²) in [6.45, 7) is 2.50. The molecule has 0 radical (unpaired) electrons. The van der Waals surface area contributed by atoms with Gasteiger partial charge < -0.3 is 4.74 Å². The van der Waals surface area contributed by atoms with Gasteiger partial charge in [-0.15, -0.1) is 0 Å². The predicted octanol–water partition coefficient (Wildman–Crippen LogP) is 2.81. The lowest BCUT2D eigenvalue weighted by Gasteiger charge is -2.24. The molecule has 0 amide bonds. The molecular formula is C16H17FN2O. The maximum Gasteiger partial charge on any atom is 0.123 e. The van der Waals surface area contributed by atoms with E-state index in [0.29, 0.717) is 6.61 Å². The topological polar surface area (TPSA) is 47.3 Å². The average Bonchev–Trinajstić information content (AvgIpc) is 2.88. The first-order chi connectivity index (χ1) is 9.70. The van der Waals surface area contributed by atoms with Crippen molar-refractivity contribution in [2.45, 2.75) is 18.9 Å². The lowest BCUT2D eigenvalue weighted by atomic mass is 9.87. The molecule has 1 heterocycles. The van der Waals surface area contributed by atoms with E-state index in [1.165, 1.54) is 6.07 Å². The Kier molecular flexibility index (Phi) is 3.42. The zero-order valence-corrected chi connectivity index (χ0v) is 11.3. The summed E-state index contributed by atoms with van der Waals surface area (Å²) in [5.41, 5.74) is 5.82. The number of para-hydroxylation sites is 1. The summed E-state index contributed by atoms with van der Waals surface area (Å²) in [6.07, 6.45) is 0. The molecule has 0 aliphatic carbocycles. The van der Waals surface area contributed by atoms with Crippen molar-refractivity contribution < 1.29 is 9.13 Å². The van der Waals surface area contributed by atoms with Crippen LogP contribution >= 0.6 is 0 Å². The molecule has 3 nitrogen and oxygen atoms in total. The molecule has 1 aliphatic heterocycles. The van der Waals surface area contributed by atoms with Crippen LogP contribution in [0.25, 0.3) is 0 Å². The average molecular weight is 272 g/mol. The quantitative estimate of drug-likeness (QED) is 0.667. The van der Waals surface area contributed by atoms with Gasteiger partial charge in [-0.2, -0.15) is 0 Å². The zero-order chi connectivity index (χ0) is 14.1. The van der Waals surface area contributed by atoms with E-state index in [0.717, 1.165) is 22.4 Å². The monoisotopic (exact) mass is 272 g/mol. The van der Waals surface area contributed by atoms with E-state index in [4.69, 9.17) is 10.6 Å². The van der Waals surface area contributed by atoms with Gasteiger partial charge in [-0.25, -0.2) is 4.39 Å². The summed E-state index contributed by atoms with van der Waals surface area (Å²) in [5, 5.41) is 0. The second kappa shape index (κ2) is 5.23. The van der Waals surface area contributed by atoms with Crippen LogP contribution in [0.4, 0.5) is 4.39 Å². The number of aryl methyl sites for hydroxylation is 1. The Hall–Kier alpha value is -1.91. The van der Waals surface area contributed by atoms with Gasteiger partial charge in [0.05, 0.1) is 12.6 Å². The van der Waals surface area contributed by atoms with E-state index in [-0.39, 0.29) is 17.8 Å². The summed E-state index contributed by atoms with van der Waals surface area (Å²) >= 11 is 0. The summed E-state index contributed by atoms with van der Waals surface area (Å²) in [7, 11) is 0. The number of hydrazine groups is 1. The molecule has 1 aliphatic rings. The third-order valence-electron chi connectivity index (χ3n) is 3.90. The van der Waals surface area contributed by atoms with Crippen molar-refractivity contribution in [3.63, 3.8) is 0 Å². The van der Waals surface area contributed by atoms with Crippen LogP contribution in [-0.2, 0) is 0 Å². The predicted molar refractivity (Wildman–Crippen MR) is 75.9 cm³/mol. The zero-order valence-electron chi connectivity index (χ0n) is 11.3. The number of fused-ring (bicyclic) bond motifs is 1. The molecule has 3 N–H and O–H groups in total. The molecule has 104 valence electrons. The molecule has 2 unspecified atom stereocenters. The molecule has 4 heteroatoms. The van der Waals surface area contributed by atoms with Crippen LogP contribution in [0.5, 0.6) is 5.75 Å². The number of benzene rings is 2. The SMILES string of the molecule is Cc1ccc(F)cc1C(NN)C1COc2ccccc21. The first kappa shape index (κ1) is 13.1. The van der Waals surface area contributed by atoms with Crippen LogP contribution < -0.4 is 16.0 Å². The van der Waals surface area contributed by atoms with E-state index in [1.54, 1.807) is 12.1 Å². The van der Waals surface area contributed by atoms with Crippen LogP contribution in [0, 0.1) is 12.7 Å². The molecule has 0 fully saturated rings. The molecule has 0 saturated carbocycles. The minimum atomic E-state index is -0.252. The molecule has 20 heavy (non-hydrogen) atoms. The lowest BCUT2D eigenvalue weighted by molar-refractivity contribution is 0.300. The Morgan fingerprint density at radius 2 is 2.10 bits per heavy atom. The molecule has 0 saturated heterocycles. The van der Waals surface area contributed by atoms with Gasteiger partial charge in [0.1, 0.15) is 11.6 Å². The van der Waals surface area contributed by atoms with Crippen LogP contribution in [0.3, 0.4) is 0 Å². The number of hydrogen-bond donors (Lipinski definition) is 2. The first-order valence-corrected chi connectivity index (χ1v) is 6.64. The fraction of sp³-hybridized carbons (Fsp3) is 0.250. The van der Waals surface area contributed by atoms with Crippen molar-refractivity contribution in [2.75, 3.05) is 6.61 Å². The third kappa shape index (κ3) is 2.17. The summed E-state index contributed by atoms with van der Waals surface area (Å²) < 4.78 is 19.2. The van der Waals surface area contributed by atoms with Crippen molar-refractivity contribution >= 4 is 0 Å².